The van der Waals surface area contributed by atoms with Gasteiger partial charge in [0.05, 0.1) is 10.7 Å². The van der Waals surface area contributed by atoms with Crippen LogP contribution in [0.15, 0.2) is 18.2 Å². The number of piperazine rings is 1. The first-order valence-corrected chi connectivity index (χ1v) is 10.2. The predicted octanol–water partition coefficient (Wildman–Crippen LogP) is 4.14. The first kappa shape index (κ1) is 19.3. The number of urea groups is 1. The number of hydrogen-bond donors (Lipinski definition) is 1. The maximum atomic E-state index is 12.5. The molecule has 5 nitrogen and oxygen atoms in total. The number of halogens is 1. The molecule has 0 aromatic heterocycles. The van der Waals surface area contributed by atoms with Crippen LogP contribution in [-0.4, -0.2) is 61.6 Å². The first-order chi connectivity index (χ1) is 12.5. The molecule has 0 atom stereocenters. The Hall–Kier alpha value is -1.46. The Morgan fingerprint density at radius 1 is 1.08 bits per heavy atom. The molecule has 0 bridgehead atoms. The average Bonchev–Trinajstić information content (AvgIpc) is 2.62. The number of amides is 2. The molecular formula is C20H31ClN4O. The third-order valence-corrected chi connectivity index (χ3v) is 5.48. The van der Waals surface area contributed by atoms with Gasteiger partial charge in [0, 0.05) is 51.5 Å². The third-order valence-electron chi connectivity index (χ3n) is 5.18. The van der Waals surface area contributed by atoms with E-state index in [1.807, 2.05) is 23.1 Å². The van der Waals surface area contributed by atoms with Crippen LogP contribution in [0.2, 0.25) is 5.02 Å². The maximum absolute atomic E-state index is 12.5. The Bertz CT molecular complexity index is 608. The number of carbonyl (C=O) groups excluding carboxylic acids is 1. The lowest BCUT2D eigenvalue weighted by molar-refractivity contribution is 0.138. The molecule has 2 fully saturated rings. The van der Waals surface area contributed by atoms with Crippen molar-refractivity contribution in [2.24, 2.45) is 5.92 Å². The highest BCUT2D eigenvalue weighted by molar-refractivity contribution is 6.33. The van der Waals surface area contributed by atoms with E-state index in [2.05, 4.69) is 29.0 Å². The minimum atomic E-state index is -0.0315. The zero-order valence-electron chi connectivity index (χ0n) is 16.0. The molecule has 6 heteroatoms. The van der Waals surface area contributed by atoms with Crippen LogP contribution < -0.4 is 10.2 Å². The lowest BCUT2D eigenvalue weighted by atomic mass is 10.1. The number of piperidine rings is 1. The van der Waals surface area contributed by atoms with E-state index in [0.717, 1.165) is 57.2 Å². The smallest absolute Gasteiger partial charge is 0.321 e. The molecule has 3 rings (SSSR count). The summed E-state index contributed by atoms with van der Waals surface area (Å²) < 4.78 is 0. The van der Waals surface area contributed by atoms with Gasteiger partial charge in [0.1, 0.15) is 0 Å². The second kappa shape index (κ2) is 8.96. The van der Waals surface area contributed by atoms with E-state index < -0.39 is 0 Å². The van der Waals surface area contributed by atoms with E-state index in [-0.39, 0.29) is 6.03 Å². The summed E-state index contributed by atoms with van der Waals surface area (Å²) in [6, 6.07) is 5.83. The summed E-state index contributed by atoms with van der Waals surface area (Å²) in [5.74, 6) is 0.663. The molecule has 0 aliphatic carbocycles. The van der Waals surface area contributed by atoms with E-state index in [9.17, 15) is 4.79 Å². The van der Waals surface area contributed by atoms with Crippen LogP contribution in [0, 0.1) is 5.92 Å². The van der Waals surface area contributed by atoms with Crippen LogP contribution in [0.3, 0.4) is 0 Å². The fourth-order valence-electron chi connectivity index (χ4n) is 3.83. The standard InChI is InChI=1S/C20H31ClN4O/c1-16(2)15-23-10-12-25(13-11-23)20(26)22-17-6-7-19(18(21)14-17)24-8-4-3-5-9-24/h6-7,14,16H,3-5,8-13,15H2,1-2H3,(H,22,26). The fraction of sp³-hybridized carbons (Fsp3) is 0.650. The van der Waals surface area contributed by atoms with Crippen LogP contribution in [0.5, 0.6) is 0 Å². The molecule has 1 aromatic rings. The van der Waals surface area contributed by atoms with Crippen LogP contribution in [0.1, 0.15) is 33.1 Å². The Labute approximate surface area is 162 Å². The molecule has 0 spiro atoms. The zero-order valence-corrected chi connectivity index (χ0v) is 16.8. The van der Waals surface area contributed by atoms with E-state index in [0.29, 0.717) is 10.9 Å². The number of nitrogens with zero attached hydrogens (tertiary/aromatic N) is 3. The summed E-state index contributed by atoms with van der Waals surface area (Å²) in [5.41, 5.74) is 1.84. The number of benzene rings is 1. The van der Waals surface area contributed by atoms with Crippen LogP contribution in [-0.2, 0) is 0 Å². The highest BCUT2D eigenvalue weighted by Crippen LogP contribution is 2.31. The van der Waals surface area contributed by atoms with Gasteiger partial charge in [-0.2, -0.15) is 0 Å². The molecule has 26 heavy (non-hydrogen) atoms. The van der Waals surface area contributed by atoms with Gasteiger partial charge in [-0.1, -0.05) is 25.4 Å². The van der Waals surface area contributed by atoms with E-state index in [1.165, 1.54) is 19.3 Å². The quantitative estimate of drug-likeness (QED) is 0.855. The summed E-state index contributed by atoms with van der Waals surface area (Å²) >= 11 is 6.49. The van der Waals surface area contributed by atoms with Crippen molar-refractivity contribution in [3.63, 3.8) is 0 Å². The summed E-state index contributed by atoms with van der Waals surface area (Å²) in [6.07, 6.45) is 3.74. The predicted molar refractivity (Wildman–Crippen MR) is 109 cm³/mol. The highest BCUT2D eigenvalue weighted by atomic mass is 35.5. The Balaban J connectivity index is 1.54. The van der Waals surface area contributed by atoms with Gasteiger partial charge < -0.3 is 15.1 Å². The molecule has 0 radical (unpaired) electrons. The summed E-state index contributed by atoms with van der Waals surface area (Å²) in [5, 5.41) is 3.72. The highest BCUT2D eigenvalue weighted by Gasteiger charge is 2.22. The van der Waals surface area contributed by atoms with Crippen LogP contribution in [0.4, 0.5) is 16.2 Å². The molecular weight excluding hydrogens is 348 g/mol. The van der Waals surface area contributed by atoms with Gasteiger partial charge in [0.15, 0.2) is 0 Å². The molecule has 2 aliphatic rings. The Morgan fingerprint density at radius 3 is 2.38 bits per heavy atom. The molecule has 2 heterocycles. The van der Waals surface area contributed by atoms with Crippen molar-refractivity contribution in [1.82, 2.24) is 9.80 Å². The van der Waals surface area contributed by atoms with Crippen molar-refractivity contribution >= 4 is 29.0 Å². The molecule has 144 valence electrons. The summed E-state index contributed by atoms with van der Waals surface area (Å²) in [4.78, 5) is 19.2. The lowest BCUT2D eigenvalue weighted by Gasteiger charge is -2.35. The van der Waals surface area contributed by atoms with E-state index >= 15 is 0 Å². The molecule has 0 saturated carbocycles. The number of rotatable bonds is 4. The van der Waals surface area contributed by atoms with Gasteiger partial charge in [-0.15, -0.1) is 0 Å². The molecule has 1 N–H and O–H groups in total. The van der Waals surface area contributed by atoms with Crippen molar-refractivity contribution in [2.45, 2.75) is 33.1 Å². The first-order valence-electron chi connectivity index (χ1n) is 9.85. The number of carbonyl (C=O) groups is 1. The third kappa shape index (κ3) is 5.04. The molecule has 2 saturated heterocycles. The minimum absolute atomic E-state index is 0.0315. The van der Waals surface area contributed by atoms with Crippen molar-refractivity contribution in [3.05, 3.63) is 23.2 Å². The molecule has 2 amide bonds. The SMILES string of the molecule is CC(C)CN1CCN(C(=O)Nc2ccc(N3CCCCC3)c(Cl)c2)CC1. The largest absolute Gasteiger partial charge is 0.370 e. The van der Waals surface area contributed by atoms with Crippen molar-refractivity contribution in [3.8, 4) is 0 Å². The van der Waals surface area contributed by atoms with Gasteiger partial charge >= 0.3 is 6.03 Å². The minimum Gasteiger partial charge on any atom is -0.370 e. The fourth-order valence-corrected chi connectivity index (χ4v) is 4.13. The average molecular weight is 379 g/mol. The van der Waals surface area contributed by atoms with Crippen LogP contribution >= 0.6 is 11.6 Å². The summed E-state index contributed by atoms with van der Waals surface area (Å²) in [6.45, 7) is 11.1. The summed E-state index contributed by atoms with van der Waals surface area (Å²) in [7, 11) is 0. The van der Waals surface area contributed by atoms with Gasteiger partial charge in [-0.25, -0.2) is 4.79 Å². The monoisotopic (exact) mass is 378 g/mol. The van der Waals surface area contributed by atoms with Gasteiger partial charge in [-0.05, 0) is 43.4 Å². The molecule has 0 unspecified atom stereocenters. The van der Waals surface area contributed by atoms with E-state index in [4.69, 9.17) is 11.6 Å². The number of nitrogens with one attached hydrogen (secondary N) is 1. The van der Waals surface area contributed by atoms with Crippen molar-refractivity contribution in [2.75, 3.05) is 56.0 Å². The second-order valence-corrected chi connectivity index (χ2v) is 8.23. The lowest BCUT2D eigenvalue weighted by Crippen LogP contribution is -2.50. The van der Waals surface area contributed by atoms with Gasteiger partial charge in [-0.3, -0.25) is 4.90 Å². The Morgan fingerprint density at radius 2 is 1.77 bits per heavy atom. The number of anilines is 2. The van der Waals surface area contributed by atoms with Crippen LogP contribution in [0.25, 0.3) is 0 Å². The zero-order chi connectivity index (χ0) is 18.5. The Kier molecular flexibility index (Phi) is 6.65. The normalized spacial score (nSPS) is 19.1. The molecule has 1 aromatic carbocycles. The molecule has 2 aliphatic heterocycles. The van der Waals surface area contributed by atoms with Crippen molar-refractivity contribution in [1.29, 1.82) is 0 Å². The van der Waals surface area contributed by atoms with Crippen molar-refractivity contribution < 1.29 is 4.79 Å². The maximum Gasteiger partial charge on any atom is 0.321 e. The number of hydrogen-bond acceptors (Lipinski definition) is 3. The van der Waals surface area contributed by atoms with Gasteiger partial charge in [0.2, 0.25) is 0 Å². The van der Waals surface area contributed by atoms with Gasteiger partial charge in [0.25, 0.3) is 0 Å². The van der Waals surface area contributed by atoms with E-state index in [1.54, 1.807) is 0 Å². The topological polar surface area (TPSA) is 38.8 Å². The second-order valence-electron chi connectivity index (χ2n) is 7.83.